The topological polar surface area (TPSA) is 81.7 Å². The van der Waals surface area contributed by atoms with Crippen molar-refractivity contribution in [1.82, 2.24) is 15.5 Å². The summed E-state index contributed by atoms with van der Waals surface area (Å²) in [6.07, 6.45) is 6.46. The maximum Gasteiger partial charge on any atom is 0.315 e. The van der Waals surface area contributed by atoms with Crippen LogP contribution in [0.2, 0.25) is 0 Å². The Morgan fingerprint density at radius 2 is 1.91 bits per heavy atom. The molecule has 6 nitrogen and oxygen atoms in total. The van der Waals surface area contributed by atoms with Crippen LogP contribution in [0.25, 0.3) is 0 Å². The number of nitrogens with zero attached hydrogens (tertiary/aromatic N) is 1. The van der Waals surface area contributed by atoms with Crippen LogP contribution in [0.1, 0.15) is 58.8 Å². The summed E-state index contributed by atoms with van der Waals surface area (Å²) >= 11 is 0. The highest BCUT2D eigenvalue weighted by Gasteiger charge is 2.33. The molecule has 0 spiro atoms. The van der Waals surface area contributed by atoms with Crippen LogP contribution in [0.3, 0.4) is 0 Å². The van der Waals surface area contributed by atoms with Gasteiger partial charge in [-0.2, -0.15) is 0 Å². The van der Waals surface area contributed by atoms with Crippen LogP contribution in [-0.2, 0) is 4.79 Å². The Morgan fingerprint density at radius 1 is 1.22 bits per heavy atom. The third-order valence-corrected chi connectivity index (χ3v) is 5.18. The number of likely N-dealkylation sites (tertiary alicyclic amines) is 1. The van der Waals surface area contributed by atoms with Gasteiger partial charge in [-0.3, -0.25) is 4.79 Å². The Kier molecular flexibility index (Phi) is 6.27. The smallest absolute Gasteiger partial charge is 0.315 e. The first-order chi connectivity index (χ1) is 10.9. The number of nitrogens with one attached hydrogen (secondary N) is 2. The van der Waals surface area contributed by atoms with Crippen molar-refractivity contribution in [2.45, 2.75) is 70.4 Å². The van der Waals surface area contributed by atoms with Gasteiger partial charge < -0.3 is 20.6 Å². The van der Waals surface area contributed by atoms with Crippen LogP contribution < -0.4 is 10.6 Å². The number of piperidine rings is 1. The van der Waals surface area contributed by atoms with E-state index in [9.17, 15) is 14.7 Å². The Labute approximate surface area is 139 Å². The molecular formula is C17H31N3O3. The van der Waals surface area contributed by atoms with Crippen molar-refractivity contribution >= 4 is 11.9 Å². The van der Waals surface area contributed by atoms with E-state index in [1.807, 2.05) is 11.8 Å². The number of urea groups is 1. The summed E-state index contributed by atoms with van der Waals surface area (Å²) in [4.78, 5) is 26.4. The van der Waals surface area contributed by atoms with Crippen LogP contribution in [0.4, 0.5) is 4.79 Å². The number of carbonyl (C=O) groups excluding carboxylic acids is 2. The Balaban J connectivity index is 1.72. The average molecular weight is 325 g/mol. The standard InChI is InChI=1S/C17H31N3O3/c1-3-17(2,23)12-18-16(22)19-14-8-7-13(11-14)15(21)20-9-5-4-6-10-20/h13-14,23H,3-12H2,1-2H3,(H2,18,19,22)/t13-,14+,17-/m1/s1. The predicted octanol–water partition coefficient (Wildman–Crippen LogP) is 1.63. The molecule has 1 saturated heterocycles. The van der Waals surface area contributed by atoms with Crippen molar-refractivity contribution in [3.8, 4) is 0 Å². The largest absolute Gasteiger partial charge is 0.388 e. The molecule has 0 aromatic heterocycles. The third-order valence-electron chi connectivity index (χ3n) is 5.18. The Hall–Kier alpha value is -1.30. The fourth-order valence-corrected chi connectivity index (χ4v) is 3.34. The van der Waals surface area contributed by atoms with Crippen molar-refractivity contribution in [1.29, 1.82) is 0 Å². The molecule has 0 bridgehead atoms. The fourth-order valence-electron chi connectivity index (χ4n) is 3.34. The van der Waals surface area contributed by atoms with Crippen LogP contribution in [0.5, 0.6) is 0 Å². The van der Waals surface area contributed by atoms with E-state index in [1.165, 1.54) is 6.42 Å². The quantitative estimate of drug-likeness (QED) is 0.718. The third kappa shape index (κ3) is 5.37. The SMILES string of the molecule is CC[C@@](C)(O)CNC(=O)N[C@H]1CC[C@@H](C(=O)N2CCCCC2)C1. The molecule has 0 unspecified atom stereocenters. The maximum atomic E-state index is 12.5. The van der Waals surface area contributed by atoms with Gasteiger partial charge in [-0.1, -0.05) is 6.92 Å². The first kappa shape index (κ1) is 18.0. The van der Waals surface area contributed by atoms with Gasteiger partial charge in [-0.05, 0) is 51.9 Å². The van der Waals surface area contributed by atoms with Crippen molar-refractivity contribution in [3.63, 3.8) is 0 Å². The number of aliphatic hydroxyl groups is 1. The molecule has 1 saturated carbocycles. The lowest BCUT2D eigenvalue weighted by atomic mass is 10.0. The molecular weight excluding hydrogens is 294 g/mol. The molecule has 1 aliphatic carbocycles. The number of amides is 3. The van der Waals surface area contributed by atoms with Crippen LogP contribution >= 0.6 is 0 Å². The molecule has 2 rings (SSSR count). The summed E-state index contributed by atoms with van der Waals surface area (Å²) in [7, 11) is 0. The van der Waals surface area contributed by atoms with E-state index in [2.05, 4.69) is 10.6 Å². The van der Waals surface area contributed by atoms with E-state index in [0.717, 1.165) is 45.2 Å². The van der Waals surface area contributed by atoms with Crippen molar-refractivity contribution in [2.24, 2.45) is 5.92 Å². The molecule has 2 fully saturated rings. The van der Waals surface area contributed by atoms with E-state index in [4.69, 9.17) is 0 Å². The normalized spacial score (nSPS) is 27.3. The lowest BCUT2D eigenvalue weighted by Gasteiger charge is -2.29. The van der Waals surface area contributed by atoms with Gasteiger partial charge in [0.25, 0.3) is 0 Å². The van der Waals surface area contributed by atoms with Gasteiger partial charge in [0.2, 0.25) is 5.91 Å². The van der Waals surface area contributed by atoms with Gasteiger partial charge in [0.1, 0.15) is 0 Å². The Bertz CT molecular complexity index is 419. The lowest BCUT2D eigenvalue weighted by Crippen LogP contribution is -2.47. The molecule has 132 valence electrons. The molecule has 23 heavy (non-hydrogen) atoms. The minimum Gasteiger partial charge on any atom is -0.388 e. The first-order valence-corrected chi connectivity index (χ1v) is 8.97. The molecule has 6 heteroatoms. The minimum atomic E-state index is -0.875. The number of hydrogen-bond acceptors (Lipinski definition) is 3. The van der Waals surface area contributed by atoms with Crippen molar-refractivity contribution in [2.75, 3.05) is 19.6 Å². The Morgan fingerprint density at radius 3 is 2.57 bits per heavy atom. The molecule has 3 amide bonds. The van der Waals surface area contributed by atoms with Gasteiger partial charge in [-0.15, -0.1) is 0 Å². The monoisotopic (exact) mass is 325 g/mol. The summed E-state index contributed by atoms with van der Waals surface area (Å²) < 4.78 is 0. The van der Waals surface area contributed by atoms with Crippen LogP contribution in [0, 0.1) is 5.92 Å². The van der Waals surface area contributed by atoms with Crippen LogP contribution in [0.15, 0.2) is 0 Å². The van der Waals surface area contributed by atoms with Gasteiger partial charge in [0.15, 0.2) is 0 Å². The zero-order valence-corrected chi connectivity index (χ0v) is 14.4. The van der Waals surface area contributed by atoms with E-state index in [-0.39, 0.29) is 30.4 Å². The molecule has 0 aromatic carbocycles. The van der Waals surface area contributed by atoms with Gasteiger partial charge in [-0.25, -0.2) is 4.79 Å². The van der Waals surface area contributed by atoms with Gasteiger partial charge >= 0.3 is 6.03 Å². The summed E-state index contributed by atoms with van der Waals surface area (Å²) in [6.45, 7) is 5.60. The number of rotatable bonds is 5. The summed E-state index contributed by atoms with van der Waals surface area (Å²) in [5, 5.41) is 15.5. The average Bonchev–Trinajstić information content (AvgIpc) is 3.01. The zero-order valence-electron chi connectivity index (χ0n) is 14.4. The molecule has 1 heterocycles. The minimum absolute atomic E-state index is 0.0529. The zero-order chi connectivity index (χ0) is 16.9. The second-order valence-corrected chi connectivity index (χ2v) is 7.27. The molecule has 1 aliphatic heterocycles. The highest BCUT2D eigenvalue weighted by atomic mass is 16.3. The van der Waals surface area contributed by atoms with E-state index >= 15 is 0 Å². The second-order valence-electron chi connectivity index (χ2n) is 7.27. The summed E-state index contributed by atoms with van der Waals surface area (Å²) in [5.74, 6) is 0.320. The van der Waals surface area contributed by atoms with E-state index < -0.39 is 5.60 Å². The molecule has 3 atom stereocenters. The maximum absolute atomic E-state index is 12.5. The molecule has 2 aliphatic rings. The van der Waals surface area contributed by atoms with E-state index in [0.29, 0.717) is 6.42 Å². The molecule has 0 aromatic rings. The molecule has 0 radical (unpaired) electrons. The van der Waals surface area contributed by atoms with Crippen molar-refractivity contribution < 1.29 is 14.7 Å². The lowest BCUT2D eigenvalue weighted by molar-refractivity contribution is -0.136. The summed E-state index contributed by atoms with van der Waals surface area (Å²) in [6, 6.07) is -0.199. The highest BCUT2D eigenvalue weighted by molar-refractivity contribution is 5.80. The van der Waals surface area contributed by atoms with E-state index in [1.54, 1.807) is 6.92 Å². The fraction of sp³-hybridized carbons (Fsp3) is 0.882. The molecule has 3 N–H and O–H groups in total. The first-order valence-electron chi connectivity index (χ1n) is 8.97. The summed E-state index contributed by atoms with van der Waals surface area (Å²) in [5.41, 5.74) is -0.875. The predicted molar refractivity (Wildman–Crippen MR) is 89.0 cm³/mol. The van der Waals surface area contributed by atoms with Gasteiger partial charge in [0.05, 0.1) is 5.60 Å². The van der Waals surface area contributed by atoms with Crippen LogP contribution in [-0.4, -0.2) is 53.2 Å². The number of carbonyl (C=O) groups is 2. The van der Waals surface area contributed by atoms with Crippen molar-refractivity contribution in [3.05, 3.63) is 0 Å². The number of hydrogen-bond donors (Lipinski definition) is 3. The highest BCUT2D eigenvalue weighted by Crippen LogP contribution is 2.28. The van der Waals surface area contributed by atoms with Gasteiger partial charge in [0, 0.05) is 31.6 Å². The second kappa shape index (κ2) is 7.99.